The summed E-state index contributed by atoms with van der Waals surface area (Å²) in [5.74, 6) is -1.38. The van der Waals surface area contributed by atoms with Crippen LogP contribution in [0, 0.1) is 5.92 Å². The molecule has 0 spiro atoms. The number of ether oxygens (including phenoxy) is 1. The van der Waals surface area contributed by atoms with Gasteiger partial charge in [0, 0.05) is 45.2 Å². The SMILES string of the molecule is CC1=NC2=C(C(=O)C[C@H](c3ccc(Cl)cc3)C2)[C@@H](c2cccc(Br)c2)C1C(=O)OCCc1ccccc1. The van der Waals surface area contributed by atoms with Crippen LogP contribution in [-0.2, 0) is 20.7 Å². The van der Waals surface area contributed by atoms with E-state index in [0.717, 1.165) is 26.9 Å². The summed E-state index contributed by atoms with van der Waals surface area (Å²) in [6.45, 7) is 2.14. The average molecular weight is 577 g/mol. The van der Waals surface area contributed by atoms with Crippen molar-refractivity contribution < 1.29 is 14.3 Å². The van der Waals surface area contributed by atoms with Gasteiger partial charge in [0.15, 0.2) is 5.78 Å². The van der Waals surface area contributed by atoms with Crippen molar-refractivity contribution in [1.82, 2.24) is 0 Å². The van der Waals surface area contributed by atoms with Gasteiger partial charge in [-0.1, -0.05) is 82.1 Å². The molecule has 4 nitrogen and oxygen atoms in total. The average Bonchev–Trinajstić information content (AvgIpc) is 2.88. The predicted molar refractivity (Wildman–Crippen MR) is 150 cm³/mol. The number of halogens is 2. The number of allylic oxidation sites excluding steroid dienone is 2. The Hall–Kier alpha value is -3.02. The second-order valence-electron chi connectivity index (χ2n) is 9.61. The van der Waals surface area contributed by atoms with Gasteiger partial charge in [0.25, 0.3) is 0 Å². The molecule has 0 aromatic heterocycles. The number of rotatable bonds is 6. The van der Waals surface area contributed by atoms with Crippen molar-refractivity contribution >= 4 is 45.0 Å². The molecule has 188 valence electrons. The van der Waals surface area contributed by atoms with E-state index in [1.807, 2.05) is 85.8 Å². The van der Waals surface area contributed by atoms with Crippen LogP contribution >= 0.6 is 27.5 Å². The van der Waals surface area contributed by atoms with Crippen LogP contribution in [0.15, 0.2) is 99.6 Å². The first-order valence-corrected chi connectivity index (χ1v) is 13.6. The normalized spacial score (nSPS) is 21.3. The first kappa shape index (κ1) is 25.6. The Balaban J connectivity index is 1.46. The van der Waals surface area contributed by atoms with Crippen LogP contribution in [-0.4, -0.2) is 24.1 Å². The van der Waals surface area contributed by atoms with Gasteiger partial charge in [0.05, 0.1) is 6.61 Å². The van der Waals surface area contributed by atoms with E-state index >= 15 is 0 Å². The van der Waals surface area contributed by atoms with Gasteiger partial charge in [-0.3, -0.25) is 14.6 Å². The van der Waals surface area contributed by atoms with Crippen molar-refractivity contribution in [3.63, 3.8) is 0 Å². The number of hydrogen-bond acceptors (Lipinski definition) is 4. The molecular formula is C31H27BrClNO3. The Morgan fingerprint density at radius 2 is 1.76 bits per heavy atom. The van der Waals surface area contributed by atoms with E-state index in [-0.39, 0.29) is 24.3 Å². The Kier molecular flexibility index (Phi) is 7.73. The molecule has 1 heterocycles. The monoisotopic (exact) mass is 575 g/mol. The molecule has 0 N–H and O–H groups in total. The highest BCUT2D eigenvalue weighted by Gasteiger charge is 2.44. The summed E-state index contributed by atoms with van der Waals surface area (Å²) < 4.78 is 6.67. The predicted octanol–water partition coefficient (Wildman–Crippen LogP) is 7.46. The number of esters is 1. The minimum atomic E-state index is -0.653. The summed E-state index contributed by atoms with van der Waals surface area (Å²) in [6, 6.07) is 25.4. The van der Waals surface area contributed by atoms with E-state index in [1.165, 1.54) is 0 Å². The lowest BCUT2D eigenvalue weighted by Gasteiger charge is -2.36. The zero-order chi connectivity index (χ0) is 25.9. The van der Waals surface area contributed by atoms with Crippen LogP contribution in [0.25, 0.3) is 0 Å². The van der Waals surface area contributed by atoms with Crippen molar-refractivity contribution in [2.45, 2.75) is 38.0 Å². The lowest BCUT2D eigenvalue weighted by atomic mass is 9.69. The molecule has 0 radical (unpaired) electrons. The molecule has 3 aromatic carbocycles. The molecule has 0 saturated heterocycles. The quantitative estimate of drug-likeness (QED) is 0.286. The molecular weight excluding hydrogens is 550 g/mol. The molecule has 1 aliphatic carbocycles. The maximum atomic E-state index is 13.7. The van der Waals surface area contributed by atoms with Crippen molar-refractivity contribution in [3.8, 4) is 0 Å². The number of nitrogens with zero attached hydrogens (tertiary/aromatic N) is 1. The van der Waals surface area contributed by atoms with E-state index in [1.54, 1.807) is 0 Å². The molecule has 3 aromatic rings. The summed E-state index contributed by atoms with van der Waals surface area (Å²) in [6.07, 6.45) is 1.64. The van der Waals surface area contributed by atoms with Gasteiger partial charge < -0.3 is 4.74 Å². The van der Waals surface area contributed by atoms with E-state index < -0.39 is 11.8 Å². The van der Waals surface area contributed by atoms with Crippen molar-refractivity contribution in [2.24, 2.45) is 10.9 Å². The zero-order valence-corrected chi connectivity index (χ0v) is 22.8. The number of benzene rings is 3. The first-order chi connectivity index (χ1) is 17.9. The fourth-order valence-corrected chi connectivity index (χ4v) is 5.94. The number of carbonyl (C=O) groups excluding carboxylic acids is 2. The summed E-state index contributed by atoms with van der Waals surface area (Å²) in [5.41, 5.74) is 5.16. The Morgan fingerprint density at radius 1 is 1.00 bits per heavy atom. The summed E-state index contributed by atoms with van der Waals surface area (Å²) in [7, 11) is 0. The highest BCUT2D eigenvalue weighted by atomic mass is 79.9. The topological polar surface area (TPSA) is 55.7 Å². The Bertz CT molecular complexity index is 1380. The van der Waals surface area contributed by atoms with Gasteiger partial charge in [0.2, 0.25) is 0 Å². The number of hydrogen-bond donors (Lipinski definition) is 0. The number of Topliss-reactive ketones (excluding diaryl/α,β-unsaturated/α-hetero) is 1. The minimum absolute atomic E-state index is 0.0256. The van der Waals surface area contributed by atoms with Gasteiger partial charge in [0.1, 0.15) is 5.92 Å². The lowest BCUT2D eigenvalue weighted by molar-refractivity contribution is -0.146. The van der Waals surface area contributed by atoms with E-state index in [2.05, 4.69) is 15.9 Å². The molecule has 0 bridgehead atoms. The van der Waals surface area contributed by atoms with Gasteiger partial charge in [-0.05, 0) is 60.2 Å². The van der Waals surface area contributed by atoms with Crippen LogP contribution in [0.3, 0.4) is 0 Å². The summed E-state index contributed by atoms with van der Waals surface area (Å²) in [4.78, 5) is 32.1. The third kappa shape index (κ3) is 5.63. The molecule has 0 fully saturated rings. The molecule has 0 saturated carbocycles. The molecule has 1 aliphatic heterocycles. The van der Waals surface area contributed by atoms with Gasteiger partial charge in [-0.25, -0.2) is 0 Å². The first-order valence-electron chi connectivity index (χ1n) is 12.4. The van der Waals surface area contributed by atoms with Gasteiger partial charge >= 0.3 is 5.97 Å². The third-order valence-corrected chi connectivity index (χ3v) is 7.91. The molecule has 37 heavy (non-hydrogen) atoms. The number of ketones is 1. The maximum absolute atomic E-state index is 13.7. The van der Waals surface area contributed by atoms with Crippen molar-refractivity contribution in [2.75, 3.05) is 6.61 Å². The zero-order valence-electron chi connectivity index (χ0n) is 20.5. The second-order valence-corrected chi connectivity index (χ2v) is 11.0. The van der Waals surface area contributed by atoms with Crippen molar-refractivity contribution in [3.05, 3.63) is 116 Å². The van der Waals surface area contributed by atoms with E-state index in [0.29, 0.717) is 35.6 Å². The van der Waals surface area contributed by atoms with E-state index in [9.17, 15) is 9.59 Å². The highest BCUT2D eigenvalue weighted by Crippen LogP contribution is 2.47. The fraction of sp³-hybridized carbons (Fsp3) is 0.258. The summed E-state index contributed by atoms with van der Waals surface area (Å²) in [5, 5.41) is 0.667. The summed E-state index contributed by atoms with van der Waals surface area (Å²) >= 11 is 9.64. The van der Waals surface area contributed by atoms with Crippen LogP contribution in [0.4, 0.5) is 0 Å². The number of aliphatic imine (C=N–C) groups is 1. The molecule has 2 aliphatic rings. The van der Waals surface area contributed by atoms with Crippen LogP contribution < -0.4 is 0 Å². The highest BCUT2D eigenvalue weighted by molar-refractivity contribution is 9.10. The third-order valence-electron chi connectivity index (χ3n) is 7.17. The van der Waals surface area contributed by atoms with Crippen molar-refractivity contribution in [1.29, 1.82) is 0 Å². The van der Waals surface area contributed by atoms with Crippen LogP contribution in [0.5, 0.6) is 0 Å². The molecule has 3 atom stereocenters. The molecule has 6 heteroatoms. The van der Waals surface area contributed by atoms with Gasteiger partial charge in [-0.2, -0.15) is 0 Å². The van der Waals surface area contributed by atoms with Crippen LogP contribution in [0.1, 0.15) is 48.3 Å². The molecule has 0 amide bonds. The smallest absolute Gasteiger partial charge is 0.315 e. The molecule has 5 rings (SSSR count). The Morgan fingerprint density at radius 3 is 2.49 bits per heavy atom. The second kappa shape index (κ2) is 11.2. The molecule has 1 unspecified atom stereocenters. The lowest BCUT2D eigenvalue weighted by Crippen LogP contribution is -2.38. The van der Waals surface area contributed by atoms with Crippen LogP contribution in [0.2, 0.25) is 5.02 Å². The standard InChI is InChI=1S/C31H27BrClNO3/c1-19-28(31(36)37-15-14-20-6-3-2-4-7-20)29(22-8-5-9-24(32)16-22)30-26(34-19)17-23(18-27(30)35)21-10-12-25(33)13-11-21/h2-13,16,23,28-29H,14-15,17-18H2,1H3/t23-,28?,29+/m1/s1. The van der Waals surface area contributed by atoms with E-state index in [4.69, 9.17) is 21.3 Å². The Labute approximate surface area is 230 Å². The fourth-order valence-electron chi connectivity index (χ4n) is 5.40. The minimum Gasteiger partial charge on any atom is -0.465 e. The maximum Gasteiger partial charge on any atom is 0.315 e. The van der Waals surface area contributed by atoms with Gasteiger partial charge in [-0.15, -0.1) is 0 Å². The largest absolute Gasteiger partial charge is 0.465 e. The number of carbonyl (C=O) groups is 2.